The summed E-state index contributed by atoms with van der Waals surface area (Å²) in [7, 11) is 0. The van der Waals surface area contributed by atoms with Crippen LogP contribution in [0.5, 0.6) is 0 Å². The molecular weight excluding hydrogens is 360 g/mol. The van der Waals surface area contributed by atoms with E-state index in [0.717, 1.165) is 31.4 Å². The molecule has 0 heterocycles. The zero-order valence-corrected chi connectivity index (χ0v) is 17.4. The van der Waals surface area contributed by atoms with Gasteiger partial charge >= 0.3 is 17.9 Å². The number of aliphatic hydroxyl groups is 2. The van der Waals surface area contributed by atoms with Gasteiger partial charge in [0, 0.05) is 12.2 Å². The number of ether oxygens (including phenoxy) is 2. The number of carbonyl (C=O) groups is 2. The molecule has 0 radical (unpaired) electrons. The fourth-order valence-electron chi connectivity index (χ4n) is 2.89. The van der Waals surface area contributed by atoms with Gasteiger partial charge in [-0.15, -0.1) is 0 Å². The molecule has 1 unspecified atom stereocenters. The summed E-state index contributed by atoms with van der Waals surface area (Å²) in [4.78, 5) is 22.7. The lowest BCUT2D eigenvalue weighted by Crippen LogP contribution is -2.49. The van der Waals surface area contributed by atoms with E-state index < -0.39 is 24.0 Å². The van der Waals surface area contributed by atoms with Gasteiger partial charge in [-0.1, -0.05) is 97.1 Å². The zero-order chi connectivity index (χ0) is 21.3. The van der Waals surface area contributed by atoms with Crippen LogP contribution in [0.1, 0.15) is 90.4 Å². The van der Waals surface area contributed by atoms with E-state index in [1.807, 2.05) is 0 Å². The Balaban J connectivity index is 4.00. The smallest absolute Gasteiger partial charge is 0.393 e. The topological polar surface area (TPSA) is 93.1 Å². The molecule has 0 fully saturated rings. The minimum absolute atomic E-state index is 0.128. The van der Waals surface area contributed by atoms with Crippen LogP contribution in [0.15, 0.2) is 25.3 Å². The Morgan fingerprint density at radius 2 is 1.18 bits per heavy atom. The third-order valence-corrected chi connectivity index (χ3v) is 4.58. The summed E-state index contributed by atoms with van der Waals surface area (Å²) in [6.45, 7) is 8.65. The number of hydrogen-bond acceptors (Lipinski definition) is 6. The molecule has 0 spiro atoms. The Morgan fingerprint density at radius 3 is 1.54 bits per heavy atom. The fourth-order valence-corrected chi connectivity index (χ4v) is 2.89. The maximum Gasteiger partial charge on any atom is 0.401 e. The van der Waals surface area contributed by atoms with E-state index in [4.69, 9.17) is 0 Å². The van der Waals surface area contributed by atoms with Crippen LogP contribution < -0.4 is 0 Å². The van der Waals surface area contributed by atoms with Crippen LogP contribution in [0.25, 0.3) is 0 Å². The standard InChI is InChI=1S/C22H38O6/c1-4-7-8-9-10-11-12-13-14-15-16-17-18-19(23)22(26,27-20(24)5-2)28-21(25)6-3/h5-6,19,23,26H,2-4,7-18H2,1H3. The number of carbonyl (C=O) groups excluding carboxylic acids is 2. The van der Waals surface area contributed by atoms with Gasteiger partial charge in [0.05, 0.1) is 0 Å². The molecule has 6 nitrogen and oxygen atoms in total. The highest BCUT2D eigenvalue weighted by molar-refractivity contribution is 5.83. The summed E-state index contributed by atoms with van der Waals surface area (Å²) in [5, 5.41) is 20.4. The van der Waals surface area contributed by atoms with Gasteiger partial charge in [-0.3, -0.25) is 0 Å². The van der Waals surface area contributed by atoms with Gasteiger partial charge in [-0.25, -0.2) is 9.59 Å². The second-order valence-electron chi connectivity index (χ2n) is 7.07. The van der Waals surface area contributed by atoms with Crippen LogP contribution in [0.3, 0.4) is 0 Å². The molecule has 0 aliphatic carbocycles. The molecule has 0 aromatic heterocycles. The van der Waals surface area contributed by atoms with Gasteiger partial charge in [0.25, 0.3) is 0 Å². The molecule has 0 bridgehead atoms. The van der Waals surface area contributed by atoms with Gasteiger partial charge in [-0.05, 0) is 6.42 Å². The van der Waals surface area contributed by atoms with E-state index in [-0.39, 0.29) is 6.42 Å². The minimum Gasteiger partial charge on any atom is -0.393 e. The highest BCUT2D eigenvalue weighted by Crippen LogP contribution is 2.22. The first kappa shape index (κ1) is 26.3. The quantitative estimate of drug-likeness (QED) is 0.152. The molecule has 0 saturated heterocycles. The van der Waals surface area contributed by atoms with Crippen molar-refractivity contribution >= 4 is 11.9 Å². The second-order valence-corrected chi connectivity index (χ2v) is 7.07. The SMILES string of the molecule is C=CC(=O)OC(O)(OC(=O)C=C)C(O)CCCCCCCCCCCCCC. The normalized spacial score (nSPS) is 12.2. The summed E-state index contributed by atoms with van der Waals surface area (Å²) in [6.07, 6.45) is 14.2. The van der Waals surface area contributed by atoms with Gasteiger partial charge in [0.2, 0.25) is 0 Å². The number of aliphatic hydroxyl groups excluding tert-OH is 1. The average molecular weight is 399 g/mol. The summed E-state index contributed by atoms with van der Waals surface area (Å²) in [6, 6.07) is 0. The van der Waals surface area contributed by atoms with Crippen molar-refractivity contribution in [2.45, 2.75) is 102 Å². The van der Waals surface area contributed by atoms with Crippen molar-refractivity contribution < 1.29 is 29.3 Å². The average Bonchev–Trinajstić information content (AvgIpc) is 2.68. The second kappa shape index (κ2) is 16.3. The van der Waals surface area contributed by atoms with Crippen LogP contribution >= 0.6 is 0 Å². The van der Waals surface area contributed by atoms with Crippen LogP contribution in [0, 0.1) is 0 Å². The molecular formula is C22H38O6. The van der Waals surface area contributed by atoms with Gasteiger partial charge in [-0.2, -0.15) is 0 Å². The highest BCUT2D eigenvalue weighted by atomic mass is 16.8. The van der Waals surface area contributed by atoms with Crippen molar-refractivity contribution in [2.75, 3.05) is 0 Å². The van der Waals surface area contributed by atoms with Crippen LogP contribution in [-0.2, 0) is 19.1 Å². The van der Waals surface area contributed by atoms with Crippen molar-refractivity contribution in [1.29, 1.82) is 0 Å². The Hall–Kier alpha value is -1.66. The van der Waals surface area contributed by atoms with Crippen LogP contribution in [-0.4, -0.2) is 34.2 Å². The minimum atomic E-state index is -2.74. The maximum atomic E-state index is 11.3. The molecule has 0 aromatic carbocycles. The third kappa shape index (κ3) is 12.7. The van der Waals surface area contributed by atoms with Crippen LogP contribution in [0.4, 0.5) is 0 Å². The number of rotatable bonds is 18. The summed E-state index contributed by atoms with van der Waals surface area (Å²) < 4.78 is 9.27. The third-order valence-electron chi connectivity index (χ3n) is 4.58. The number of hydrogen-bond donors (Lipinski definition) is 2. The highest BCUT2D eigenvalue weighted by Gasteiger charge is 2.43. The van der Waals surface area contributed by atoms with E-state index in [9.17, 15) is 19.8 Å². The molecule has 1 atom stereocenters. The van der Waals surface area contributed by atoms with Crippen molar-refractivity contribution in [3.63, 3.8) is 0 Å². The Kier molecular flexibility index (Phi) is 15.3. The first-order chi connectivity index (χ1) is 13.4. The van der Waals surface area contributed by atoms with E-state index in [0.29, 0.717) is 6.42 Å². The van der Waals surface area contributed by atoms with Crippen molar-refractivity contribution in [2.24, 2.45) is 0 Å². The van der Waals surface area contributed by atoms with E-state index >= 15 is 0 Å². The van der Waals surface area contributed by atoms with Gasteiger partial charge in [0.15, 0.2) is 6.10 Å². The summed E-state index contributed by atoms with van der Waals surface area (Å²) in [5.41, 5.74) is 0. The monoisotopic (exact) mass is 398 g/mol. The number of esters is 2. The number of unbranched alkanes of at least 4 members (excludes halogenated alkanes) is 11. The summed E-state index contributed by atoms with van der Waals surface area (Å²) in [5.74, 6) is -4.75. The lowest BCUT2D eigenvalue weighted by Gasteiger charge is -2.30. The van der Waals surface area contributed by atoms with E-state index in [1.165, 1.54) is 51.4 Å². The molecule has 0 aliphatic rings. The maximum absolute atomic E-state index is 11.3. The largest absolute Gasteiger partial charge is 0.401 e. The van der Waals surface area contributed by atoms with Crippen LogP contribution in [0.2, 0.25) is 0 Å². The molecule has 162 valence electrons. The molecule has 0 rings (SSSR count). The van der Waals surface area contributed by atoms with Gasteiger partial charge in [0.1, 0.15) is 0 Å². The first-order valence-corrected chi connectivity index (χ1v) is 10.5. The molecule has 6 heteroatoms. The molecule has 0 saturated carbocycles. The molecule has 0 aliphatic heterocycles. The Labute approximate surface area is 169 Å². The van der Waals surface area contributed by atoms with E-state index in [2.05, 4.69) is 29.6 Å². The lowest BCUT2D eigenvalue weighted by atomic mass is 10.0. The van der Waals surface area contributed by atoms with E-state index in [1.54, 1.807) is 0 Å². The molecule has 28 heavy (non-hydrogen) atoms. The Morgan fingerprint density at radius 1 is 0.821 bits per heavy atom. The zero-order valence-electron chi connectivity index (χ0n) is 17.4. The molecule has 0 amide bonds. The molecule has 2 N–H and O–H groups in total. The van der Waals surface area contributed by atoms with Gasteiger partial charge < -0.3 is 19.7 Å². The van der Waals surface area contributed by atoms with Crippen molar-refractivity contribution in [1.82, 2.24) is 0 Å². The van der Waals surface area contributed by atoms with Crippen molar-refractivity contribution in [3.05, 3.63) is 25.3 Å². The fraction of sp³-hybridized carbons (Fsp3) is 0.727. The summed E-state index contributed by atoms with van der Waals surface area (Å²) >= 11 is 0. The molecule has 0 aromatic rings. The lowest BCUT2D eigenvalue weighted by molar-refractivity contribution is -0.358. The Bertz CT molecular complexity index is 438. The van der Waals surface area contributed by atoms with Crippen molar-refractivity contribution in [3.8, 4) is 0 Å². The first-order valence-electron chi connectivity index (χ1n) is 10.5. The predicted molar refractivity (Wildman–Crippen MR) is 109 cm³/mol. The predicted octanol–water partition coefficient (Wildman–Crippen LogP) is 4.54.